The summed E-state index contributed by atoms with van der Waals surface area (Å²) in [4.78, 5) is 57.8. The van der Waals surface area contributed by atoms with Crippen molar-refractivity contribution >= 4 is 35.5 Å². The summed E-state index contributed by atoms with van der Waals surface area (Å²) in [5, 5.41) is 17.6. The van der Waals surface area contributed by atoms with Crippen molar-refractivity contribution in [1.29, 1.82) is 0 Å². The monoisotopic (exact) mass is 546 g/mol. The van der Waals surface area contributed by atoms with Gasteiger partial charge in [0.2, 0.25) is 17.7 Å². The Morgan fingerprint density at radius 3 is 2.18 bits per heavy atom. The number of nitrogens with zero attached hydrogens (tertiary/aromatic N) is 1. The lowest BCUT2D eigenvalue weighted by Crippen LogP contribution is -2.58. The van der Waals surface area contributed by atoms with Crippen LogP contribution >= 0.6 is 11.8 Å². The number of aromatic amines is 1. The zero-order valence-electron chi connectivity index (χ0n) is 22.0. The molecule has 1 aromatic carbocycles. The highest BCUT2D eigenvalue weighted by atomic mass is 32.2. The van der Waals surface area contributed by atoms with Crippen LogP contribution in [0.4, 0.5) is 0 Å². The summed E-state index contributed by atoms with van der Waals surface area (Å²) in [6.45, 7) is 3.78. The molecule has 4 atom stereocenters. The molecule has 0 radical (unpaired) electrons. The van der Waals surface area contributed by atoms with Crippen LogP contribution in [0, 0.1) is 5.92 Å². The number of imidazole rings is 1. The SMILES string of the molecule is CSCCC(N)C(=O)NC(Cc1ccccc1)C(=O)NC(CC(C)C)C(=O)NC(Cc1cnc[nH]1)C(=O)O. The smallest absolute Gasteiger partial charge is 0.326 e. The van der Waals surface area contributed by atoms with Gasteiger partial charge in [0.1, 0.15) is 18.1 Å². The first-order valence-corrected chi connectivity index (χ1v) is 13.9. The molecule has 0 aliphatic heterocycles. The number of amides is 3. The van der Waals surface area contributed by atoms with E-state index in [1.54, 1.807) is 11.8 Å². The zero-order valence-corrected chi connectivity index (χ0v) is 22.8. The molecule has 208 valence electrons. The van der Waals surface area contributed by atoms with Crippen molar-refractivity contribution in [3.05, 3.63) is 54.1 Å². The second kappa shape index (κ2) is 15.8. The number of carboxylic acids is 1. The second-order valence-corrected chi connectivity index (χ2v) is 10.5. The molecule has 4 unspecified atom stereocenters. The molecule has 0 aliphatic rings. The Bertz CT molecular complexity index is 1030. The third-order valence-corrected chi connectivity index (χ3v) is 6.46. The first kappa shape index (κ1) is 30.8. The van der Waals surface area contributed by atoms with Crippen LogP contribution in [0.1, 0.15) is 37.9 Å². The van der Waals surface area contributed by atoms with E-state index in [0.29, 0.717) is 17.9 Å². The maximum Gasteiger partial charge on any atom is 0.326 e. The molecular weight excluding hydrogens is 508 g/mol. The summed E-state index contributed by atoms with van der Waals surface area (Å²) in [6.07, 6.45) is 5.75. The van der Waals surface area contributed by atoms with Gasteiger partial charge in [-0.3, -0.25) is 14.4 Å². The van der Waals surface area contributed by atoms with Crippen molar-refractivity contribution < 1.29 is 24.3 Å². The fourth-order valence-electron chi connectivity index (χ4n) is 3.78. The lowest BCUT2D eigenvalue weighted by atomic mass is 10.00. The highest BCUT2D eigenvalue weighted by molar-refractivity contribution is 7.98. The molecule has 0 spiro atoms. The third-order valence-electron chi connectivity index (χ3n) is 5.82. The Labute approximate surface area is 227 Å². The number of thioether (sulfide) groups is 1. The van der Waals surface area contributed by atoms with Crippen LogP contribution in [0.15, 0.2) is 42.9 Å². The number of carbonyl (C=O) groups is 4. The molecule has 0 saturated carbocycles. The largest absolute Gasteiger partial charge is 0.480 e. The van der Waals surface area contributed by atoms with Crippen molar-refractivity contribution in [3.63, 3.8) is 0 Å². The van der Waals surface area contributed by atoms with Crippen molar-refractivity contribution in [3.8, 4) is 0 Å². The van der Waals surface area contributed by atoms with Crippen molar-refractivity contribution in [2.45, 2.75) is 63.7 Å². The first-order chi connectivity index (χ1) is 18.1. The average molecular weight is 547 g/mol. The maximum atomic E-state index is 13.4. The second-order valence-electron chi connectivity index (χ2n) is 9.51. The van der Waals surface area contributed by atoms with Gasteiger partial charge in [-0.25, -0.2) is 9.78 Å². The number of aliphatic carboxylic acids is 1. The molecule has 38 heavy (non-hydrogen) atoms. The molecule has 3 amide bonds. The number of carboxylic acid groups (broad SMARTS) is 1. The molecule has 2 rings (SSSR count). The first-order valence-electron chi connectivity index (χ1n) is 12.5. The topological polar surface area (TPSA) is 179 Å². The van der Waals surface area contributed by atoms with E-state index in [1.165, 1.54) is 12.5 Å². The molecule has 12 heteroatoms. The summed E-state index contributed by atoms with van der Waals surface area (Å²) >= 11 is 1.57. The molecular formula is C26H38N6O5S. The van der Waals surface area contributed by atoms with Gasteiger partial charge in [-0.05, 0) is 36.3 Å². The number of nitrogens with two attached hydrogens (primary N) is 1. The Morgan fingerprint density at radius 2 is 1.61 bits per heavy atom. The molecule has 0 saturated heterocycles. The van der Waals surface area contributed by atoms with Crippen LogP contribution in [0.3, 0.4) is 0 Å². The minimum Gasteiger partial charge on any atom is -0.480 e. The summed E-state index contributed by atoms with van der Waals surface area (Å²) < 4.78 is 0. The van der Waals surface area contributed by atoms with Gasteiger partial charge in [0.05, 0.1) is 12.4 Å². The highest BCUT2D eigenvalue weighted by Gasteiger charge is 2.31. The Kier molecular flexibility index (Phi) is 12.8. The third kappa shape index (κ3) is 10.5. The number of rotatable bonds is 16. The molecule has 1 aromatic heterocycles. The summed E-state index contributed by atoms with van der Waals surface area (Å²) in [7, 11) is 0. The lowest BCUT2D eigenvalue weighted by molar-refractivity contribution is -0.142. The minimum atomic E-state index is -1.22. The van der Waals surface area contributed by atoms with Crippen LogP contribution in [0.5, 0.6) is 0 Å². The molecule has 0 aliphatic carbocycles. The Hall–Kier alpha value is -3.38. The van der Waals surface area contributed by atoms with Gasteiger partial charge in [0.25, 0.3) is 0 Å². The van der Waals surface area contributed by atoms with Crippen LogP contribution in [0.25, 0.3) is 0 Å². The Morgan fingerprint density at radius 1 is 0.974 bits per heavy atom. The summed E-state index contributed by atoms with van der Waals surface area (Å²) in [5.74, 6) is -2.13. The standard InChI is InChI=1S/C26H38N6O5S/c1-16(2)11-20(24(34)32-22(26(36)37)13-18-14-28-15-29-18)31-25(35)21(12-17-7-5-4-6-8-17)30-23(33)19(27)9-10-38-3/h4-8,14-16,19-22H,9-13,27H2,1-3H3,(H,28,29)(H,30,33)(H,31,35)(H,32,34)(H,36,37). The van der Waals surface area contributed by atoms with Crippen molar-refractivity contribution in [1.82, 2.24) is 25.9 Å². The van der Waals surface area contributed by atoms with Gasteiger partial charge in [-0.2, -0.15) is 11.8 Å². The number of carbonyl (C=O) groups excluding carboxylic acids is 3. The van der Waals surface area contributed by atoms with E-state index in [0.717, 1.165) is 5.56 Å². The molecule has 0 bridgehead atoms. The molecule has 0 fully saturated rings. The number of aromatic nitrogens is 2. The summed E-state index contributed by atoms with van der Waals surface area (Å²) in [6, 6.07) is 5.20. The van der Waals surface area contributed by atoms with E-state index >= 15 is 0 Å². The normalized spacial score (nSPS) is 14.2. The zero-order chi connectivity index (χ0) is 28.1. The van der Waals surface area contributed by atoms with E-state index < -0.39 is 47.9 Å². The molecule has 1 heterocycles. The van der Waals surface area contributed by atoms with Crippen LogP contribution < -0.4 is 21.7 Å². The molecule has 11 nitrogen and oxygen atoms in total. The van der Waals surface area contributed by atoms with Crippen molar-refractivity contribution in [2.75, 3.05) is 12.0 Å². The van der Waals surface area contributed by atoms with Crippen LogP contribution in [0.2, 0.25) is 0 Å². The quantitative estimate of drug-likeness (QED) is 0.179. The van der Waals surface area contributed by atoms with E-state index in [2.05, 4.69) is 25.9 Å². The predicted molar refractivity (Wildman–Crippen MR) is 146 cm³/mol. The summed E-state index contributed by atoms with van der Waals surface area (Å²) in [5.41, 5.74) is 7.38. The van der Waals surface area contributed by atoms with Crippen LogP contribution in [-0.2, 0) is 32.0 Å². The number of nitrogens with one attached hydrogen (secondary N) is 4. The van der Waals surface area contributed by atoms with Gasteiger partial charge < -0.3 is 31.8 Å². The van der Waals surface area contributed by atoms with Gasteiger partial charge in [0, 0.05) is 24.7 Å². The van der Waals surface area contributed by atoms with Gasteiger partial charge in [-0.1, -0.05) is 44.2 Å². The van der Waals surface area contributed by atoms with E-state index in [9.17, 15) is 24.3 Å². The van der Waals surface area contributed by atoms with Gasteiger partial charge in [-0.15, -0.1) is 0 Å². The number of hydrogen-bond donors (Lipinski definition) is 6. The van der Waals surface area contributed by atoms with E-state index in [4.69, 9.17) is 5.73 Å². The number of hydrogen-bond acceptors (Lipinski definition) is 7. The number of benzene rings is 1. The highest BCUT2D eigenvalue weighted by Crippen LogP contribution is 2.10. The molecule has 7 N–H and O–H groups in total. The van der Waals surface area contributed by atoms with E-state index in [1.807, 2.05) is 50.4 Å². The Balaban J connectivity index is 2.18. The van der Waals surface area contributed by atoms with Gasteiger partial charge in [0.15, 0.2) is 0 Å². The number of H-pyrrole nitrogens is 1. The lowest BCUT2D eigenvalue weighted by Gasteiger charge is -2.26. The predicted octanol–water partition coefficient (Wildman–Crippen LogP) is 0.860. The van der Waals surface area contributed by atoms with Crippen LogP contribution in [-0.4, -0.2) is 74.9 Å². The molecule has 2 aromatic rings. The fraction of sp³-hybridized carbons (Fsp3) is 0.500. The minimum absolute atomic E-state index is 0.00401. The fourth-order valence-corrected chi connectivity index (χ4v) is 4.27. The van der Waals surface area contributed by atoms with Gasteiger partial charge >= 0.3 is 5.97 Å². The average Bonchev–Trinajstić information content (AvgIpc) is 3.39. The maximum absolute atomic E-state index is 13.4. The van der Waals surface area contributed by atoms with Crippen molar-refractivity contribution in [2.24, 2.45) is 11.7 Å². The van der Waals surface area contributed by atoms with E-state index in [-0.39, 0.29) is 25.2 Å².